The highest BCUT2D eigenvalue weighted by atomic mass is 16.5. The van der Waals surface area contributed by atoms with Crippen molar-refractivity contribution >= 4 is 17.9 Å². The molecule has 47 heavy (non-hydrogen) atoms. The summed E-state index contributed by atoms with van der Waals surface area (Å²) in [6.45, 7) is 5.06. The molecule has 0 saturated carbocycles. The van der Waals surface area contributed by atoms with Gasteiger partial charge in [0.1, 0.15) is 31.5 Å². The SMILES string of the molecule is CCCCCCCCCCCC(=O)OCC(O)CN(CCCC[C@H](N)C(=O)OC)CC(O)COC(=O)CCCCCCCCCCC. The molecule has 10 nitrogen and oxygen atoms in total. The number of hydrogen-bond acceptors (Lipinski definition) is 10. The molecule has 0 spiro atoms. The molecule has 0 saturated heterocycles. The first kappa shape index (κ1) is 45.2. The Bertz CT molecular complexity index is 708. The quantitative estimate of drug-likeness (QED) is 0.0387. The van der Waals surface area contributed by atoms with Gasteiger partial charge in [0.05, 0.1) is 7.11 Å². The Kier molecular flexibility index (Phi) is 31.6. The van der Waals surface area contributed by atoms with Crippen molar-refractivity contribution < 1.29 is 38.8 Å². The van der Waals surface area contributed by atoms with Gasteiger partial charge in [0.15, 0.2) is 0 Å². The van der Waals surface area contributed by atoms with Crippen LogP contribution in [0.15, 0.2) is 0 Å². The fraction of sp³-hybridized carbons (Fsp3) is 0.919. The third-order valence-electron chi connectivity index (χ3n) is 8.52. The standard InChI is InChI=1S/C37H72N2O8/c1-4-6-8-10-12-14-16-18-20-25-35(42)46-30-32(40)28-39(27-23-22-24-34(38)37(44)45-3)29-33(41)31-47-36(43)26-21-19-17-15-13-11-9-7-5-2/h32-34,40-41H,4-31,38H2,1-3H3/t32?,33?,34-/m0/s1. The predicted octanol–water partition coefficient (Wildman–Crippen LogP) is 6.61. The second kappa shape index (κ2) is 32.8. The van der Waals surface area contributed by atoms with Crippen LogP contribution in [0.3, 0.4) is 0 Å². The summed E-state index contributed by atoms with van der Waals surface area (Å²) in [5, 5.41) is 21.2. The molecule has 0 amide bonds. The molecule has 0 aromatic heterocycles. The third-order valence-corrected chi connectivity index (χ3v) is 8.52. The largest absolute Gasteiger partial charge is 0.468 e. The normalized spacial score (nSPS) is 13.3. The Morgan fingerprint density at radius 3 is 1.36 bits per heavy atom. The Labute approximate surface area is 286 Å². The van der Waals surface area contributed by atoms with E-state index in [1.54, 1.807) is 0 Å². The number of nitrogens with two attached hydrogens (primary N) is 1. The van der Waals surface area contributed by atoms with E-state index in [-0.39, 0.29) is 38.2 Å². The summed E-state index contributed by atoms with van der Waals surface area (Å²) >= 11 is 0. The van der Waals surface area contributed by atoms with Crippen LogP contribution in [0.4, 0.5) is 0 Å². The lowest BCUT2D eigenvalue weighted by atomic mass is 10.1. The van der Waals surface area contributed by atoms with Crippen LogP contribution in [-0.2, 0) is 28.6 Å². The number of carbonyl (C=O) groups is 3. The van der Waals surface area contributed by atoms with Gasteiger partial charge in [0.2, 0.25) is 0 Å². The van der Waals surface area contributed by atoms with Crippen molar-refractivity contribution in [2.24, 2.45) is 5.73 Å². The van der Waals surface area contributed by atoms with Crippen LogP contribution in [0.2, 0.25) is 0 Å². The maximum Gasteiger partial charge on any atom is 0.322 e. The lowest BCUT2D eigenvalue weighted by Crippen LogP contribution is -2.42. The molecular formula is C37H72N2O8. The minimum absolute atomic E-state index is 0.121. The second-order valence-corrected chi connectivity index (χ2v) is 13.2. The van der Waals surface area contributed by atoms with Gasteiger partial charge in [-0.25, -0.2) is 0 Å². The first-order chi connectivity index (χ1) is 22.7. The highest BCUT2D eigenvalue weighted by Gasteiger charge is 2.19. The van der Waals surface area contributed by atoms with Crippen molar-refractivity contribution in [2.75, 3.05) is 40.0 Å². The number of aliphatic hydroxyl groups is 2. The average molecular weight is 673 g/mol. The maximum atomic E-state index is 12.2. The van der Waals surface area contributed by atoms with Gasteiger partial charge in [-0.3, -0.25) is 19.3 Å². The first-order valence-electron chi connectivity index (χ1n) is 19.0. The van der Waals surface area contributed by atoms with E-state index in [9.17, 15) is 24.6 Å². The molecule has 0 heterocycles. The summed E-state index contributed by atoms with van der Waals surface area (Å²) < 4.78 is 15.3. The molecule has 0 radical (unpaired) electrons. The molecule has 2 unspecified atom stereocenters. The van der Waals surface area contributed by atoms with Crippen LogP contribution < -0.4 is 5.73 Å². The fourth-order valence-electron chi connectivity index (χ4n) is 5.61. The highest BCUT2D eigenvalue weighted by Crippen LogP contribution is 2.13. The van der Waals surface area contributed by atoms with Gasteiger partial charge >= 0.3 is 17.9 Å². The van der Waals surface area contributed by atoms with Crippen LogP contribution in [0, 0.1) is 0 Å². The number of ether oxygens (including phenoxy) is 3. The monoisotopic (exact) mass is 673 g/mol. The van der Waals surface area contributed by atoms with Crippen molar-refractivity contribution in [3.8, 4) is 0 Å². The fourth-order valence-corrected chi connectivity index (χ4v) is 5.61. The Hall–Kier alpha value is -1.75. The van der Waals surface area contributed by atoms with Crippen LogP contribution in [-0.4, -0.2) is 91.2 Å². The van der Waals surface area contributed by atoms with Gasteiger partial charge < -0.3 is 30.2 Å². The van der Waals surface area contributed by atoms with Gasteiger partial charge in [0, 0.05) is 25.9 Å². The zero-order chi connectivity index (χ0) is 35.0. The van der Waals surface area contributed by atoms with Crippen molar-refractivity contribution in [1.29, 1.82) is 0 Å². The predicted molar refractivity (Wildman–Crippen MR) is 188 cm³/mol. The topological polar surface area (TPSA) is 149 Å². The third kappa shape index (κ3) is 30.1. The zero-order valence-electron chi connectivity index (χ0n) is 30.4. The van der Waals surface area contributed by atoms with Crippen molar-refractivity contribution in [1.82, 2.24) is 4.90 Å². The van der Waals surface area contributed by atoms with Crippen molar-refractivity contribution in [3.05, 3.63) is 0 Å². The number of rotatable bonds is 34. The lowest BCUT2D eigenvalue weighted by molar-refractivity contribution is -0.147. The molecule has 10 heteroatoms. The molecule has 0 rings (SSSR count). The van der Waals surface area contributed by atoms with Gasteiger partial charge in [-0.2, -0.15) is 0 Å². The van der Waals surface area contributed by atoms with Gasteiger partial charge in [0.25, 0.3) is 0 Å². The molecule has 4 N–H and O–H groups in total. The summed E-state index contributed by atoms with van der Waals surface area (Å²) in [5.41, 5.74) is 5.84. The second-order valence-electron chi connectivity index (χ2n) is 13.2. The Balaban J connectivity index is 4.46. The van der Waals surface area contributed by atoms with Crippen LogP contribution in [0.5, 0.6) is 0 Å². The minimum Gasteiger partial charge on any atom is -0.468 e. The number of esters is 3. The van der Waals surface area contributed by atoms with Gasteiger partial charge in [-0.1, -0.05) is 123 Å². The van der Waals surface area contributed by atoms with E-state index in [0.717, 1.165) is 38.5 Å². The minimum atomic E-state index is -0.930. The molecule has 3 atom stereocenters. The number of aliphatic hydroxyl groups excluding tert-OH is 2. The maximum absolute atomic E-state index is 12.2. The smallest absolute Gasteiger partial charge is 0.322 e. The van der Waals surface area contributed by atoms with E-state index in [1.807, 2.05) is 4.90 Å². The van der Waals surface area contributed by atoms with Crippen molar-refractivity contribution in [2.45, 2.75) is 180 Å². The van der Waals surface area contributed by atoms with E-state index in [0.29, 0.717) is 38.6 Å². The molecule has 0 aromatic rings. The Morgan fingerprint density at radius 2 is 0.979 bits per heavy atom. The van der Waals surface area contributed by atoms with Crippen LogP contribution in [0.25, 0.3) is 0 Å². The highest BCUT2D eigenvalue weighted by molar-refractivity contribution is 5.75. The van der Waals surface area contributed by atoms with Crippen molar-refractivity contribution in [3.63, 3.8) is 0 Å². The number of unbranched alkanes of at least 4 members (excludes halogenated alkanes) is 17. The summed E-state index contributed by atoms with van der Waals surface area (Å²) in [6, 6.07) is -0.694. The molecule has 0 aromatic carbocycles. The van der Waals surface area contributed by atoms with E-state index in [4.69, 9.17) is 15.2 Å². The van der Waals surface area contributed by atoms with E-state index in [2.05, 4.69) is 18.6 Å². The molecule has 0 aliphatic carbocycles. The van der Waals surface area contributed by atoms with Gasteiger partial charge in [-0.15, -0.1) is 0 Å². The summed E-state index contributed by atoms with van der Waals surface area (Å²) in [5.74, 6) is -1.08. The summed E-state index contributed by atoms with van der Waals surface area (Å²) in [6.07, 6.45) is 21.6. The number of methoxy groups -OCH3 is 1. The molecule has 0 aliphatic heterocycles. The molecular weight excluding hydrogens is 600 g/mol. The summed E-state index contributed by atoms with van der Waals surface area (Å²) in [7, 11) is 1.30. The van der Waals surface area contributed by atoms with Gasteiger partial charge in [-0.05, 0) is 32.2 Å². The average Bonchev–Trinajstić information content (AvgIpc) is 3.06. The van der Waals surface area contributed by atoms with E-state index in [1.165, 1.54) is 84.2 Å². The van der Waals surface area contributed by atoms with E-state index < -0.39 is 24.2 Å². The molecule has 278 valence electrons. The first-order valence-corrected chi connectivity index (χ1v) is 19.0. The zero-order valence-corrected chi connectivity index (χ0v) is 30.4. The summed E-state index contributed by atoms with van der Waals surface area (Å²) in [4.78, 5) is 37.9. The Morgan fingerprint density at radius 1 is 0.596 bits per heavy atom. The molecule has 0 aliphatic rings. The van der Waals surface area contributed by atoms with E-state index >= 15 is 0 Å². The van der Waals surface area contributed by atoms with Crippen LogP contribution >= 0.6 is 0 Å². The molecule has 0 fully saturated rings. The number of hydrogen-bond donors (Lipinski definition) is 3. The van der Waals surface area contributed by atoms with Crippen LogP contribution in [0.1, 0.15) is 162 Å². The number of nitrogens with zero attached hydrogens (tertiary/aromatic N) is 1. The lowest BCUT2D eigenvalue weighted by Gasteiger charge is -2.27. The molecule has 0 bridgehead atoms. The number of carbonyl (C=O) groups excluding carboxylic acids is 3.